The van der Waals surface area contributed by atoms with Gasteiger partial charge in [0.1, 0.15) is 0 Å². The van der Waals surface area contributed by atoms with Gasteiger partial charge in [-0.1, -0.05) is 19.9 Å². The summed E-state index contributed by atoms with van der Waals surface area (Å²) < 4.78 is 0. The van der Waals surface area contributed by atoms with Crippen LogP contribution in [0.3, 0.4) is 0 Å². The number of benzene rings is 1. The SMILES string of the molecule is CC(C)C[C@@H]([C]=O)NC(=O)c1ccc2ncccc2c1. The third-order valence-electron chi connectivity index (χ3n) is 3.02. The minimum atomic E-state index is -0.563. The van der Waals surface area contributed by atoms with Gasteiger partial charge in [-0.15, -0.1) is 0 Å². The Hall–Kier alpha value is -2.23. The van der Waals surface area contributed by atoms with Gasteiger partial charge in [0.25, 0.3) is 5.91 Å². The van der Waals surface area contributed by atoms with Gasteiger partial charge in [0, 0.05) is 17.1 Å². The highest BCUT2D eigenvalue weighted by atomic mass is 16.2. The molecule has 2 rings (SSSR count). The maximum Gasteiger partial charge on any atom is 0.251 e. The van der Waals surface area contributed by atoms with E-state index in [1.165, 1.54) is 0 Å². The van der Waals surface area contributed by atoms with Crippen LogP contribution < -0.4 is 5.32 Å². The molecule has 1 radical (unpaired) electrons. The van der Waals surface area contributed by atoms with Crippen LogP contribution in [0.5, 0.6) is 0 Å². The minimum Gasteiger partial charge on any atom is -0.342 e. The van der Waals surface area contributed by atoms with Crippen LogP contribution in [-0.4, -0.2) is 23.2 Å². The second-order valence-corrected chi connectivity index (χ2v) is 5.18. The van der Waals surface area contributed by atoms with Crippen molar-refractivity contribution in [1.82, 2.24) is 10.3 Å². The van der Waals surface area contributed by atoms with Crippen molar-refractivity contribution in [3.8, 4) is 0 Å². The molecule has 1 heterocycles. The fourth-order valence-electron chi connectivity index (χ4n) is 2.07. The number of pyridine rings is 1. The van der Waals surface area contributed by atoms with Crippen molar-refractivity contribution in [1.29, 1.82) is 0 Å². The van der Waals surface area contributed by atoms with Crippen LogP contribution in [0.4, 0.5) is 0 Å². The van der Waals surface area contributed by atoms with E-state index in [-0.39, 0.29) is 5.91 Å². The summed E-state index contributed by atoms with van der Waals surface area (Å²) >= 11 is 0. The Kier molecular flexibility index (Phi) is 4.45. The molecule has 1 atom stereocenters. The summed E-state index contributed by atoms with van der Waals surface area (Å²) in [6, 6.07) is 8.44. The van der Waals surface area contributed by atoms with E-state index in [1.54, 1.807) is 24.4 Å². The summed E-state index contributed by atoms with van der Waals surface area (Å²) in [6.07, 6.45) is 4.18. The number of fused-ring (bicyclic) bond motifs is 1. The maximum absolute atomic E-state index is 12.1. The molecular weight excluding hydrogens is 252 g/mol. The molecule has 1 aromatic carbocycles. The van der Waals surface area contributed by atoms with E-state index in [1.807, 2.05) is 32.3 Å². The fraction of sp³-hybridized carbons (Fsp3) is 0.312. The Balaban J connectivity index is 2.16. The molecule has 103 valence electrons. The summed E-state index contributed by atoms with van der Waals surface area (Å²) in [5, 5.41) is 3.59. The number of nitrogens with zero attached hydrogens (tertiary/aromatic N) is 1. The maximum atomic E-state index is 12.1. The molecule has 0 aliphatic carbocycles. The Bertz CT molecular complexity index is 623. The highest BCUT2D eigenvalue weighted by Crippen LogP contribution is 2.13. The average Bonchev–Trinajstić information content (AvgIpc) is 2.45. The first-order chi connectivity index (χ1) is 9.60. The lowest BCUT2D eigenvalue weighted by Crippen LogP contribution is -2.36. The van der Waals surface area contributed by atoms with Gasteiger partial charge in [-0.3, -0.25) is 14.6 Å². The predicted octanol–water partition coefficient (Wildman–Crippen LogP) is 2.49. The molecule has 4 nitrogen and oxygen atoms in total. The third-order valence-corrected chi connectivity index (χ3v) is 3.02. The van der Waals surface area contributed by atoms with E-state index in [9.17, 15) is 9.59 Å². The molecule has 0 saturated heterocycles. The number of aromatic nitrogens is 1. The van der Waals surface area contributed by atoms with E-state index < -0.39 is 6.04 Å². The minimum absolute atomic E-state index is 0.259. The molecule has 0 aliphatic heterocycles. The molecule has 0 saturated carbocycles. The number of rotatable bonds is 5. The lowest BCUT2D eigenvalue weighted by Gasteiger charge is -2.14. The zero-order valence-electron chi connectivity index (χ0n) is 11.6. The number of carbonyl (C=O) groups excluding carboxylic acids is 2. The summed E-state index contributed by atoms with van der Waals surface area (Å²) in [5.41, 5.74) is 1.36. The second kappa shape index (κ2) is 6.28. The molecule has 1 amide bonds. The van der Waals surface area contributed by atoms with Gasteiger partial charge in [-0.2, -0.15) is 0 Å². The molecule has 0 unspecified atom stereocenters. The third kappa shape index (κ3) is 3.41. The van der Waals surface area contributed by atoms with Crippen molar-refractivity contribution in [3.63, 3.8) is 0 Å². The molecule has 0 fully saturated rings. The second-order valence-electron chi connectivity index (χ2n) is 5.18. The van der Waals surface area contributed by atoms with Crippen LogP contribution in [0.2, 0.25) is 0 Å². The van der Waals surface area contributed by atoms with Gasteiger partial charge in [-0.25, -0.2) is 0 Å². The lowest BCUT2D eigenvalue weighted by molar-refractivity contribution is 0.0943. The lowest BCUT2D eigenvalue weighted by atomic mass is 10.0. The Morgan fingerprint density at radius 3 is 2.85 bits per heavy atom. The molecule has 1 N–H and O–H groups in total. The number of hydrogen-bond acceptors (Lipinski definition) is 3. The Morgan fingerprint density at radius 1 is 1.35 bits per heavy atom. The zero-order valence-corrected chi connectivity index (χ0v) is 11.6. The van der Waals surface area contributed by atoms with Crippen LogP contribution in [0, 0.1) is 5.92 Å². The van der Waals surface area contributed by atoms with E-state index in [4.69, 9.17) is 0 Å². The van der Waals surface area contributed by atoms with E-state index in [0.717, 1.165) is 10.9 Å². The summed E-state index contributed by atoms with van der Waals surface area (Å²) in [4.78, 5) is 27.2. The molecule has 2 aromatic rings. The van der Waals surface area contributed by atoms with Gasteiger partial charge in [0.15, 0.2) is 0 Å². The van der Waals surface area contributed by atoms with Crippen molar-refractivity contribution >= 4 is 23.1 Å². The van der Waals surface area contributed by atoms with Gasteiger partial charge < -0.3 is 5.32 Å². The van der Waals surface area contributed by atoms with E-state index in [2.05, 4.69) is 10.3 Å². The zero-order chi connectivity index (χ0) is 14.5. The first-order valence-corrected chi connectivity index (χ1v) is 6.63. The van der Waals surface area contributed by atoms with Crippen molar-refractivity contribution in [2.24, 2.45) is 5.92 Å². The monoisotopic (exact) mass is 269 g/mol. The van der Waals surface area contributed by atoms with E-state index in [0.29, 0.717) is 17.9 Å². The number of nitrogens with one attached hydrogen (secondary N) is 1. The van der Waals surface area contributed by atoms with Crippen molar-refractivity contribution in [2.45, 2.75) is 26.3 Å². The van der Waals surface area contributed by atoms with Crippen LogP contribution in [0.15, 0.2) is 36.5 Å². The molecule has 4 heteroatoms. The summed E-state index contributed by atoms with van der Waals surface area (Å²) in [5.74, 6) is 0.0623. The number of carbonyl (C=O) groups is 1. The summed E-state index contributed by atoms with van der Waals surface area (Å²) in [7, 11) is 0. The fourth-order valence-corrected chi connectivity index (χ4v) is 2.07. The van der Waals surface area contributed by atoms with Gasteiger partial charge >= 0.3 is 0 Å². The summed E-state index contributed by atoms with van der Waals surface area (Å²) in [6.45, 7) is 4.00. The smallest absolute Gasteiger partial charge is 0.251 e. The molecule has 20 heavy (non-hydrogen) atoms. The molecular formula is C16H17N2O2. The van der Waals surface area contributed by atoms with Crippen LogP contribution in [0.1, 0.15) is 30.6 Å². The average molecular weight is 269 g/mol. The first kappa shape index (κ1) is 14.2. The molecule has 0 aliphatic rings. The normalized spacial score (nSPS) is 12.3. The predicted molar refractivity (Wildman–Crippen MR) is 78.1 cm³/mol. The Labute approximate surface area is 118 Å². The quantitative estimate of drug-likeness (QED) is 0.907. The number of amides is 1. The van der Waals surface area contributed by atoms with Crippen LogP contribution in [0.25, 0.3) is 10.9 Å². The molecule has 1 aromatic heterocycles. The van der Waals surface area contributed by atoms with Gasteiger partial charge in [0.05, 0.1) is 11.6 Å². The van der Waals surface area contributed by atoms with Crippen molar-refractivity contribution in [3.05, 3.63) is 42.1 Å². The molecule has 0 spiro atoms. The van der Waals surface area contributed by atoms with Gasteiger partial charge in [0.2, 0.25) is 6.29 Å². The highest BCUT2D eigenvalue weighted by Gasteiger charge is 2.15. The standard InChI is InChI=1S/C16H17N2O2/c1-11(2)8-14(10-19)18-16(20)13-5-6-15-12(9-13)4-3-7-17-15/h3-7,9,11,14H,8H2,1-2H3,(H,18,20)/t14-/m0/s1. The highest BCUT2D eigenvalue weighted by molar-refractivity contribution is 5.98. The van der Waals surface area contributed by atoms with Crippen molar-refractivity contribution < 1.29 is 9.59 Å². The van der Waals surface area contributed by atoms with Crippen molar-refractivity contribution in [2.75, 3.05) is 0 Å². The van der Waals surface area contributed by atoms with Crippen LogP contribution in [-0.2, 0) is 4.79 Å². The first-order valence-electron chi connectivity index (χ1n) is 6.63. The number of hydrogen-bond donors (Lipinski definition) is 1. The Morgan fingerprint density at radius 2 is 2.15 bits per heavy atom. The topological polar surface area (TPSA) is 59.1 Å². The largest absolute Gasteiger partial charge is 0.342 e. The van der Waals surface area contributed by atoms with Crippen LogP contribution >= 0.6 is 0 Å². The van der Waals surface area contributed by atoms with E-state index >= 15 is 0 Å². The van der Waals surface area contributed by atoms with Gasteiger partial charge in [-0.05, 0) is 36.6 Å². The molecule has 0 bridgehead atoms.